The molecule has 0 unspecified atom stereocenters. The highest BCUT2D eigenvalue weighted by Gasteiger charge is 2.41. The van der Waals surface area contributed by atoms with E-state index in [-0.39, 0.29) is 16.9 Å². The SMILES string of the molecule is O=C(O)O.O=S(=O)(N[C@@H]1C[C@@H]1c1ccccc1)c1ccc(-c2ccc(Cl)cc2)cc1. The Morgan fingerprint density at radius 2 is 1.37 bits per heavy atom. The van der Waals surface area contributed by atoms with E-state index in [1.807, 2.05) is 66.7 Å². The molecular weight excluding hydrogens is 426 g/mol. The van der Waals surface area contributed by atoms with Crippen molar-refractivity contribution in [2.45, 2.75) is 23.3 Å². The van der Waals surface area contributed by atoms with Crippen molar-refractivity contribution in [2.75, 3.05) is 0 Å². The minimum atomic E-state index is -3.51. The van der Waals surface area contributed by atoms with E-state index in [1.54, 1.807) is 12.1 Å². The number of rotatable bonds is 5. The standard InChI is InChI=1S/C21H18ClNO2S.CH2O3/c22-18-10-6-15(7-11-18)16-8-12-19(13-9-16)26(24,25)23-21-14-20(21)17-4-2-1-3-5-17;2-1(3)4/h1-13,20-21,23H,14H2;(H2,2,3,4)/t20-,21-;/m1./s1. The number of benzene rings is 3. The van der Waals surface area contributed by atoms with Gasteiger partial charge in [-0.3, -0.25) is 0 Å². The van der Waals surface area contributed by atoms with Gasteiger partial charge in [-0.25, -0.2) is 17.9 Å². The average Bonchev–Trinajstić information content (AvgIpc) is 3.47. The fourth-order valence-corrected chi connectivity index (χ4v) is 4.55. The second-order valence-corrected chi connectivity index (χ2v) is 8.94. The maximum Gasteiger partial charge on any atom is 0.503 e. The van der Waals surface area contributed by atoms with Crippen LogP contribution in [0.4, 0.5) is 4.79 Å². The molecule has 0 aromatic heterocycles. The van der Waals surface area contributed by atoms with Crippen LogP contribution in [0, 0.1) is 0 Å². The van der Waals surface area contributed by atoms with Crippen LogP contribution in [0.25, 0.3) is 11.1 Å². The third kappa shape index (κ3) is 5.82. The van der Waals surface area contributed by atoms with E-state index in [0.717, 1.165) is 17.5 Å². The summed E-state index contributed by atoms with van der Waals surface area (Å²) in [5, 5.41) is 14.6. The van der Waals surface area contributed by atoms with Gasteiger partial charge >= 0.3 is 6.16 Å². The van der Waals surface area contributed by atoms with Crippen molar-refractivity contribution in [2.24, 2.45) is 0 Å². The van der Waals surface area contributed by atoms with E-state index in [1.165, 1.54) is 5.56 Å². The molecule has 156 valence electrons. The molecule has 1 aliphatic carbocycles. The Kier molecular flexibility index (Phi) is 6.77. The van der Waals surface area contributed by atoms with Crippen molar-refractivity contribution >= 4 is 27.8 Å². The highest BCUT2D eigenvalue weighted by Crippen LogP contribution is 2.41. The number of hydrogen-bond acceptors (Lipinski definition) is 3. The van der Waals surface area contributed by atoms with Gasteiger partial charge in [-0.1, -0.05) is 66.2 Å². The highest BCUT2D eigenvalue weighted by molar-refractivity contribution is 7.89. The quantitative estimate of drug-likeness (QED) is 0.509. The molecule has 0 bridgehead atoms. The molecule has 0 saturated heterocycles. The van der Waals surface area contributed by atoms with E-state index >= 15 is 0 Å². The summed E-state index contributed by atoms with van der Waals surface area (Å²) in [7, 11) is -3.51. The first-order valence-corrected chi connectivity index (χ1v) is 11.0. The molecule has 1 aliphatic rings. The number of nitrogens with one attached hydrogen (secondary N) is 1. The molecule has 3 aromatic carbocycles. The lowest BCUT2D eigenvalue weighted by Gasteiger charge is -2.08. The molecule has 0 heterocycles. The molecule has 4 rings (SSSR count). The smallest absolute Gasteiger partial charge is 0.450 e. The Hall–Kier alpha value is -2.87. The zero-order valence-electron chi connectivity index (χ0n) is 15.8. The van der Waals surface area contributed by atoms with Crippen LogP contribution < -0.4 is 4.72 Å². The molecule has 0 amide bonds. The monoisotopic (exact) mass is 445 g/mol. The topological polar surface area (TPSA) is 104 Å². The molecule has 0 radical (unpaired) electrons. The molecule has 1 fully saturated rings. The van der Waals surface area contributed by atoms with E-state index < -0.39 is 16.2 Å². The number of carbonyl (C=O) groups is 1. The van der Waals surface area contributed by atoms with Gasteiger partial charge in [-0.15, -0.1) is 0 Å². The lowest BCUT2D eigenvalue weighted by atomic mass is 10.1. The maximum atomic E-state index is 12.6. The summed E-state index contributed by atoms with van der Waals surface area (Å²) in [6, 6.07) is 24.4. The predicted octanol–water partition coefficient (Wildman–Crippen LogP) is 5.06. The second-order valence-electron chi connectivity index (χ2n) is 6.79. The molecule has 6 nitrogen and oxygen atoms in total. The number of halogens is 1. The summed E-state index contributed by atoms with van der Waals surface area (Å²) < 4.78 is 28.1. The van der Waals surface area contributed by atoms with Gasteiger partial charge in [0, 0.05) is 17.0 Å². The lowest BCUT2D eigenvalue weighted by molar-refractivity contribution is 0.137. The minimum Gasteiger partial charge on any atom is -0.450 e. The van der Waals surface area contributed by atoms with Gasteiger partial charge in [-0.05, 0) is 47.4 Å². The zero-order chi connectivity index (χ0) is 21.7. The largest absolute Gasteiger partial charge is 0.503 e. The van der Waals surface area contributed by atoms with Gasteiger partial charge in [0.15, 0.2) is 0 Å². The van der Waals surface area contributed by atoms with Gasteiger partial charge in [0.25, 0.3) is 0 Å². The first kappa shape index (κ1) is 21.8. The van der Waals surface area contributed by atoms with Gasteiger partial charge in [0.1, 0.15) is 0 Å². The van der Waals surface area contributed by atoms with Crippen LogP contribution in [-0.4, -0.2) is 30.8 Å². The number of sulfonamides is 1. The van der Waals surface area contributed by atoms with Gasteiger partial charge in [0.05, 0.1) is 4.90 Å². The predicted molar refractivity (Wildman–Crippen MR) is 115 cm³/mol. The first-order chi connectivity index (χ1) is 14.3. The Morgan fingerprint density at radius 3 is 1.90 bits per heavy atom. The third-order valence-electron chi connectivity index (χ3n) is 4.67. The summed E-state index contributed by atoms with van der Waals surface area (Å²) >= 11 is 5.91. The Bertz CT molecular complexity index is 1100. The molecule has 0 spiro atoms. The van der Waals surface area contributed by atoms with Crippen molar-refractivity contribution in [3.63, 3.8) is 0 Å². The molecule has 30 heavy (non-hydrogen) atoms. The summed E-state index contributed by atoms with van der Waals surface area (Å²) in [6.45, 7) is 0. The zero-order valence-corrected chi connectivity index (χ0v) is 17.3. The van der Waals surface area contributed by atoms with Crippen molar-refractivity contribution in [3.8, 4) is 11.1 Å². The van der Waals surface area contributed by atoms with Crippen LogP contribution in [-0.2, 0) is 10.0 Å². The van der Waals surface area contributed by atoms with E-state index in [2.05, 4.69) is 4.72 Å². The molecular formula is C22H20ClNO5S. The minimum absolute atomic E-state index is 0.0293. The Labute approximate surface area is 179 Å². The fourth-order valence-electron chi connectivity index (χ4n) is 3.13. The highest BCUT2D eigenvalue weighted by atomic mass is 35.5. The summed E-state index contributed by atoms with van der Waals surface area (Å²) in [4.78, 5) is 8.84. The van der Waals surface area contributed by atoms with Gasteiger partial charge in [-0.2, -0.15) is 0 Å². The van der Waals surface area contributed by atoms with E-state index in [9.17, 15) is 8.42 Å². The molecule has 2 atom stereocenters. The van der Waals surface area contributed by atoms with Crippen LogP contribution in [0.5, 0.6) is 0 Å². The summed E-state index contributed by atoms with van der Waals surface area (Å²) in [5.74, 6) is 0.263. The molecule has 3 N–H and O–H groups in total. The van der Waals surface area contributed by atoms with Crippen molar-refractivity contribution in [1.29, 1.82) is 0 Å². The van der Waals surface area contributed by atoms with Crippen molar-refractivity contribution < 1.29 is 23.4 Å². The van der Waals surface area contributed by atoms with Crippen LogP contribution >= 0.6 is 11.6 Å². The second kappa shape index (κ2) is 9.30. The fraction of sp³-hybridized carbons (Fsp3) is 0.136. The van der Waals surface area contributed by atoms with Crippen LogP contribution in [0.3, 0.4) is 0 Å². The van der Waals surface area contributed by atoms with Crippen molar-refractivity contribution in [1.82, 2.24) is 4.72 Å². The van der Waals surface area contributed by atoms with Crippen molar-refractivity contribution in [3.05, 3.63) is 89.4 Å². The molecule has 1 saturated carbocycles. The number of carboxylic acid groups (broad SMARTS) is 2. The van der Waals surface area contributed by atoms with Gasteiger partial charge in [0.2, 0.25) is 10.0 Å². The number of hydrogen-bond donors (Lipinski definition) is 3. The molecule has 0 aliphatic heterocycles. The van der Waals surface area contributed by atoms with Gasteiger partial charge < -0.3 is 10.2 Å². The van der Waals surface area contributed by atoms with E-state index in [4.69, 9.17) is 26.6 Å². The average molecular weight is 446 g/mol. The normalized spacial score (nSPS) is 17.5. The maximum absolute atomic E-state index is 12.6. The third-order valence-corrected chi connectivity index (χ3v) is 6.42. The lowest BCUT2D eigenvalue weighted by Crippen LogP contribution is -2.26. The molecule has 3 aromatic rings. The molecule has 8 heteroatoms. The summed E-state index contributed by atoms with van der Waals surface area (Å²) in [6.07, 6.45) is -0.994. The van der Waals surface area contributed by atoms with Crippen LogP contribution in [0.1, 0.15) is 17.9 Å². The van der Waals surface area contributed by atoms with Crippen LogP contribution in [0.15, 0.2) is 83.8 Å². The summed E-state index contributed by atoms with van der Waals surface area (Å²) in [5.41, 5.74) is 3.13. The van der Waals surface area contributed by atoms with Crippen LogP contribution in [0.2, 0.25) is 5.02 Å². The Balaban J connectivity index is 0.000000589. The first-order valence-electron chi connectivity index (χ1n) is 9.11. The van der Waals surface area contributed by atoms with E-state index in [0.29, 0.717) is 5.02 Å². The Morgan fingerprint density at radius 1 is 0.867 bits per heavy atom.